The van der Waals surface area contributed by atoms with Gasteiger partial charge in [-0.1, -0.05) is 84.9 Å². The van der Waals surface area contributed by atoms with Gasteiger partial charge >= 0.3 is 0 Å². The number of aryl methyl sites for hydroxylation is 4. The van der Waals surface area contributed by atoms with Gasteiger partial charge in [-0.2, -0.15) is 0 Å². The second-order valence-electron chi connectivity index (χ2n) is 12.1. The third-order valence-electron chi connectivity index (χ3n) is 8.54. The second-order valence-corrected chi connectivity index (χ2v) is 12.1. The second kappa shape index (κ2) is 13.9. The van der Waals surface area contributed by atoms with Crippen LogP contribution in [0, 0.1) is 27.7 Å². The Balaban J connectivity index is 1.18. The van der Waals surface area contributed by atoms with Crippen molar-refractivity contribution in [2.24, 2.45) is 0 Å². The summed E-state index contributed by atoms with van der Waals surface area (Å²) in [6, 6.07) is 39.9. The summed E-state index contributed by atoms with van der Waals surface area (Å²) in [5.41, 5.74) is 11.1. The fourth-order valence-corrected chi connectivity index (χ4v) is 6.18. The Hall–Kier alpha value is -5.48. The summed E-state index contributed by atoms with van der Waals surface area (Å²) in [7, 11) is 0. The summed E-state index contributed by atoms with van der Waals surface area (Å²) in [4.78, 5) is 0. The lowest BCUT2D eigenvalue weighted by molar-refractivity contribution is 0.248. The summed E-state index contributed by atoms with van der Waals surface area (Å²) in [6.45, 7) is 9.07. The molecule has 0 saturated heterocycles. The Labute approximate surface area is 277 Å². The van der Waals surface area contributed by atoms with Crippen molar-refractivity contribution in [2.45, 2.75) is 34.1 Å². The van der Waals surface area contributed by atoms with E-state index in [1.54, 1.807) is 0 Å². The Morgan fingerprint density at radius 3 is 1.11 bits per heavy atom. The SMILES string of the molecule is Cc1cc(-c2ccccc2C)c(O)c(-c2ccccc2OCCCOc2ccccc2-c2cc(C)cc(-c3ccccc3C)c2O)c1. The molecule has 0 heterocycles. The summed E-state index contributed by atoms with van der Waals surface area (Å²) >= 11 is 0. The zero-order chi connectivity index (χ0) is 32.9. The molecule has 0 aromatic heterocycles. The van der Waals surface area contributed by atoms with Crippen LogP contribution in [0.1, 0.15) is 28.7 Å². The fraction of sp³-hybridized carbons (Fsp3) is 0.163. The van der Waals surface area contributed by atoms with Gasteiger partial charge in [-0.3, -0.25) is 0 Å². The Bertz CT molecular complexity index is 1890. The van der Waals surface area contributed by atoms with Gasteiger partial charge in [-0.05, 0) is 97.5 Å². The minimum Gasteiger partial charge on any atom is -0.507 e. The van der Waals surface area contributed by atoms with Gasteiger partial charge in [0.05, 0.1) is 13.2 Å². The zero-order valence-electron chi connectivity index (χ0n) is 27.4. The number of phenols is 2. The summed E-state index contributed by atoms with van der Waals surface area (Å²) in [6.07, 6.45) is 0.644. The van der Waals surface area contributed by atoms with Gasteiger partial charge in [0.2, 0.25) is 0 Å². The summed E-state index contributed by atoms with van der Waals surface area (Å²) < 4.78 is 12.6. The van der Waals surface area contributed by atoms with Crippen LogP contribution in [0.4, 0.5) is 0 Å². The predicted octanol–water partition coefficient (Wildman–Crippen LogP) is 10.8. The molecule has 0 unspecified atom stereocenters. The van der Waals surface area contributed by atoms with Crippen molar-refractivity contribution >= 4 is 0 Å². The molecule has 4 heteroatoms. The predicted molar refractivity (Wildman–Crippen MR) is 193 cm³/mol. The van der Waals surface area contributed by atoms with Crippen molar-refractivity contribution in [3.63, 3.8) is 0 Å². The fourth-order valence-electron chi connectivity index (χ4n) is 6.18. The molecule has 0 aliphatic rings. The number of benzene rings is 6. The third kappa shape index (κ3) is 6.73. The number of rotatable bonds is 10. The molecule has 0 amide bonds. The molecule has 0 bridgehead atoms. The summed E-state index contributed by atoms with van der Waals surface area (Å²) in [5, 5.41) is 22.9. The van der Waals surface area contributed by atoms with Crippen molar-refractivity contribution in [3.8, 4) is 67.5 Å². The lowest BCUT2D eigenvalue weighted by Crippen LogP contribution is -2.06. The highest BCUT2D eigenvalue weighted by Gasteiger charge is 2.18. The van der Waals surface area contributed by atoms with Gasteiger partial charge in [-0.15, -0.1) is 0 Å². The van der Waals surface area contributed by atoms with Gasteiger partial charge in [0.25, 0.3) is 0 Å². The van der Waals surface area contributed by atoms with E-state index in [0.29, 0.717) is 31.1 Å². The maximum absolute atomic E-state index is 11.5. The number of ether oxygens (including phenoxy) is 2. The van der Waals surface area contributed by atoms with Crippen LogP contribution in [0.5, 0.6) is 23.0 Å². The highest BCUT2D eigenvalue weighted by Crippen LogP contribution is 2.44. The molecule has 4 nitrogen and oxygen atoms in total. The highest BCUT2D eigenvalue weighted by molar-refractivity contribution is 5.87. The van der Waals surface area contributed by atoms with Crippen LogP contribution < -0.4 is 9.47 Å². The first-order valence-electron chi connectivity index (χ1n) is 16.1. The lowest BCUT2D eigenvalue weighted by Gasteiger charge is -2.17. The smallest absolute Gasteiger partial charge is 0.131 e. The average Bonchev–Trinajstić information content (AvgIpc) is 3.07. The largest absolute Gasteiger partial charge is 0.507 e. The maximum atomic E-state index is 11.5. The van der Waals surface area contributed by atoms with Crippen molar-refractivity contribution in [3.05, 3.63) is 144 Å². The first-order chi connectivity index (χ1) is 22.8. The molecule has 2 N–H and O–H groups in total. The van der Waals surface area contributed by atoms with E-state index in [1.165, 1.54) is 0 Å². The number of aromatic hydroxyl groups is 2. The van der Waals surface area contributed by atoms with Gasteiger partial charge in [0.1, 0.15) is 23.0 Å². The van der Waals surface area contributed by atoms with Crippen LogP contribution in [0.3, 0.4) is 0 Å². The van der Waals surface area contributed by atoms with Crippen LogP contribution in [0.2, 0.25) is 0 Å². The van der Waals surface area contributed by atoms with E-state index in [0.717, 1.165) is 66.8 Å². The van der Waals surface area contributed by atoms with Crippen molar-refractivity contribution in [1.82, 2.24) is 0 Å². The van der Waals surface area contributed by atoms with Crippen LogP contribution in [-0.4, -0.2) is 23.4 Å². The van der Waals surface area contributed by atoms with Crippen LogP contribution >= 0.6 is 0 Å². The van der Waals surface area contributed by atoms with Crippen molar-refractivity contribution in [2.75, 3.05) is 13.2 Å². The summed E-state index contributed by atoms with van der Waals surface area (Å²) in [5.74, 6) is 1.90. The maximum Gasteiger partial charge on any atom is 0.131 e. The number of para-hydroxylation sites is 2. The molecule has 0 radical (unpaired) electrons. The zero-order valence-corrected chi connectivity index (χ0v) is 27.4. The first-order valence-corrected chi connectivity index (χ1v) is 16.1. The van der Waals surface area contributed by atoms with Gasteiger partial charge < -0.3 is 19.7 Å². The topological polar surface area (TPSA) is 58.9 Å². The third-order valence-corrected chi connectivity index (χ3v) is 8.54. The highest BCUT2D eigenvalue weighted by atomic mass is 16.5. The van der Waals surface area contributed by atoms with Crippen molar-refractivity contribution in [1.29, 1.82) is 0 Å². The molecular weight excluding hydrogens is 580 g/mol. The Morgan fingerprint density at radius 1 is 0.404 bits per heavy atom. The minimum absolute atomic E-state index is 0.242. The van der Waals surface area contributed by atoms with Gasteiger partial charge in [0, 0.05) is 39.8 Å². The lowest BCUT2D eigenvalue weighted by atomic mass is 9.92. The van der Waals surface area contributed by atoms with E-state index in [9.17, 15) is 10.2 Å². The normalized spacial score (nSPS) is 11.0. The molecule has 0 spiro atoms. The van der Waals surface area contributed by atoms with E-state index >= 15 is 0 Å². The molecule has 6 aromatic carbocycles. The van der Waals surface area contributed by atoms with Gasteiger partial charge in [0.15, 0.2) is 0 Å². The van der Waals surface area contributed by atoms with E-state index in [1.807, 2.05) is 123 Å². The molecule has 0 atom stereocenters. The minimum atomic E-state index is 0.242. The van der Waals surface area contributed by atoms with Crippen molar-refractivity contribution < 1.29 is 19.7 Å². The van der Waals surface area contributed by atoms with E-state index in [2.05, 4.69) is 26.0 Å². The Kier molecular flexibility index (Phi) is 9.30. The molecule has 0 fully saturated rings. The van der Waals surface area contributed by atoms with E-state index < -0.39 is 0 Å². The molecular formula is C43H40O4. The molecule has 6 aromatic rings. The van der Waals surface area contributed by atoms with E-state index in [4.69, 9.17) is 9.47 Å². The Morgan fingerprint density at radius 2 is 0.723 bits per heavy atom. The van der Waals surface area contributed by atoms with Gasteiger partial charge in [-0.25, -0.2) is 0 Å². The molecule has 0 aliphatic carbocycles. The molecule has 236 valence electrons. The number of hydrogen-bond acceptors (Lipinski definition) is 4. The molecule has 0 aliphatic heterocycles. The standard InChI is InChI=1S/C43H40O4/c1-28-24-36(32-16-7-5-14-30(32)3)42(44)38(26-28)34-18-9-11-20-40(34)46-22-13-23-47-41-21-12-10-19-35(41)39-27-29(2)25-37(43(39)45)33-17-8-6-15-31(33)4/h5-12,14-21,24-27,44-45H,13,22-23H2,1-4H3. The quantitative estimate of drug-likeness (QED) is 0.150. The van der Waals surface area contributed by atoms with Crippen LogP contribution in [0.15, 0.2) is 121 Å². The number of hydrogen-bond donors (Lipinski definition) is 2. The average molecular weight is 621 g/mol. The molecule has 47 heavy (non-hydrogen) atoms. The number of phenolic OH excluding ortho intramolecular Hbond substituents is 2. The van der Waals surface area contributed by atoms with Crippen LogP contribution in [-0.2, 0) is 0 Å². The van der Waals surface area contributed by atoms with E-state index in [-0.39, 0.29) is 11.5 Å². The molecule has 0 saturated carbocycles. The van der Waals surface area contributed by atoms with Crippen LogP contribution in [0.25, 0.3) is 44.5 Å². The monoisotopic (exact) mass is 620 g/mol. The first kappa shape index (κ1) is 31.5. The molecule has 6 rings (SSSR count).